The van der Waals surface area contributed by atoms with Crippen LogP contribution in [0.5, 0.6) is 11.5 Å². The Morgan fingerprint density at radius 3 is 2.47 bits per heavy atom. The van der Waals surface area contributed by atoms with E-state index in [0.29, 0.717) is 25.5 Å². The molecule has 0 saturated carbocycles. The first kappa shape index (κ1) is 26.1. The Kier molecular flexibility index (Phi) is 7.61. The molecule has 1 saturated heterocycles. The fourth-order valence-corrected chi connectivity index (χ4v) is 5.48. The van der Waals surface area contributed by atoms with Gasteiger partial charge in [0, 0.05) is 43.8 Å². The molecule has 1 amide bonds. The van der Waals surface area contributed by atoms with Gasteiger partial charge in [-0.15, -0.1) is 0 Å². The molecular formula is C30H37N3O5. The maximum atomic E-state index is 13.3. The molecule has 0 spiro atoms. The number of pyridine rings is 1. The molecule has 3 aromatic rings. The van der Waals surface area contributed by atoms with Gasteiger partial charge in [0.2, 0.25) is 0 Å². The highest BCUT2D eigenvalue weighted by atomic mass is 16.6. The highest BCUT2D eigenvalue weighted by molar-refractivity contribution is 5.78. The lowest BCUT2D eigenvalue weighted by molar-refractivity contribution is 0.0196. The van der Waals surface area contributed by atoms with Crippen LogP contribution < -0.4 is 15.0 Å². The second-order valence-electron chi connectivity index (χ2n) is 11.0. The van der Waals surface area contributed by atoms with Crippen LogP contribution in [0.15, 0.2) is 59.4 Å². The summed E-state index contributed by atoms with van der Waals surface area (Å²) in [5, 5.41) is 1.07. The average Bonchev–Trinajstić information content (AvgIpc) is 2.91. The Bertz CT molecular complexity index is 1340. The van der Waals surface area contributed by atoms with E-state index < -0.39 is 0 Å². The van der Waals surface area contributed by atoms with E-state index in [1.807, 2.05) is 58.0 Å². The van der Waals surface area contributed by atoms with Crippen molar-refractivity contribution in [2.45, 2.75) is 58.3 Å². The maximum absolute atomic E-state index is 13.3. The number of fused-ring (bicyclic) bond motifs is 2. The molecule has 3 heterocycles. The van der Waals surface area contributed by atoms with E-state index in [0.717, 1.165) is 54.7 Å². The molecule has 0 unspecified atom stereocenters. The maximum Gasteiger partial charge on any atom is 0.410 e. The second kappa shape index (κ2) is 11.1. The van der Waals surface area contributed by atoms with Crippen LogP contribution in [-0.2, 0) is 17.9 Å². The molecule has 0 radical (unpaired) electrons. The van der Waals surface area contributed by atoms with Crippen LogP contribution in [0.4, 0.5) is 4.79 Å². The van der Waals surface area contributed by atoms with Gasteiger partial charge in [-0.1, -0.05) is 24.3 Å². The van der Waals surface area contributed by atoms with Crippen LogP contribution in [0.1, 0.15) is 39.2 Å². The summed E-state index contributed by atoms with van der Waals surface area (Å²) in [7, 11) is 0. The second-order valence-corrected chi connectivity index (χ2v) is 11.0. The molecule has 0 aliphatic carbocycles. The van der Waals surface area contributed by atoms with E-state index >= 15 is 0 Å². The number of para-hydroxylation sites is 1. The number of rotatable bonds is 6. The number of ether oxygens (including phenoxy) is 3. The monoisotopic (exact) mass is 519 g/mol. The number of nitrogens with zero attached hydrogens (tertiary/aromatic N) is 3. The molecular weight excluding hydrogens is 482 g/mol. The number of carbonyl (C=O) groups excluding carboxylic acids is 1. The summed E-state index contributed by atoms with van der Waals surface area (Å²) < 4.78 is 18.9. The first-order valence-electron chi connectivity index (χ1n) is 13.5. The van der Waals surface area contributed by atoms with Gasteiger partial charge in [0.1, 0.15) is 19.8 Å². The number of aromatic nitrogens is 1. The third kappa shape index (κ3) is 5.80. The van der Waals surface area contributed by atoms with Crippen LogP contribution in [0.25, 0.3) is 10.9 Å². The van der Waals surface area contributed by atoms with Crippen molar-refractivity contribution < 1.29 is 19.0 Å². The minimum Gasteiger partial charge on any atom is -0.486 e. The molecule has 5 rings (SSSR count). The van der Waals surface area contributed by atoms with Gasteiger partial charge in [0.25, 0.3) is 5.56 Å². The summed E-state index contributed by atoms with van der Waals surface area (Å²) in [6, 6.07) is 17.3. The summed E-state index contributed by atoms with van der Waals surface area (Å²) in [4.78, 5) is 30.1. The van der Waals surface area contributed by atoms with Crippen molar-refractivity contribution in [1.82, 2.24) is 14.4 Å². The van der Waals surface area contributed by atoms with Crippen molar-refractivity contribution in [3.8, 4) is 11.5 Å². The van der Waals surface area contributed by atoms with Crippen LogP contribution >= 0.6 is 0 Å². The Hall–Kier alpha value is -3.52. The molecule has 8 nitrogen and oxygen atoms in total. The van der Waals surface area contributed by atoms with Crippen LogP contribution in [0.2, 0.25) is 0 Å². The Labute approximate surface area is 223 Å². The largest absolute Gasteiger partial charge is 0.486 e. The van der Waals surface area contributed by atoms with Gasteiger partial charge in [-0.05, 0) is 68.8 Å². The van der Waals surface area contributed by atoms with E-state index in [9.17, 15) is 9.59 Å². The molecule has 2 aliphatic rings. The molecule has 2 aromatic carbocycles. The number of likely N-dealkylation sites (tertiary alicyclic amines) is 1. The minimum atomic E-state index is -0.368. The summed E-state index contributed by atoms with van der Waals surface area (Å²) in [6.45, 7) is 10.6. The highest BCUT2D eigenvalue weighted by Gasteiger charge is 2.36. The lowest BCUT2D eigenvalue weighted by atomic mass is 9.97. The number of piperidine rings is 1. The lowest BCUT2D eigenvalue weighted by Crippen LogP contribution is -2.55. The minimum absolute atomic E-state index is 0.0262. The SMILES string of the molecule is CC(C)(C)N(C(=O)OCc1ccc2c(c1)OCCO2)C1CCN(CCn2c(=O)ccc3ccccc32)CC1. The zero-order valence-electron chi connectivity index (χ0n) is 22.5. The zero-order chi connectivity index (χ0) is 26.7. The van der Waals surface area contributed by atoms with E-state index in [2.05, 4.69) is 25.7 Å². The summed E-state index contributed by atoms with van der Waals surface area (Å²) in [5.74, 6) is 1.41. The molecule has 38 heavy (non-hydrogen) atoms. The number of benzene rings is 2. The van der Waals surface area contributed by atoms with E-state index in [4.69, 9.17) is 14.2 Å². The molecule has 1 aromatic heterocycles. The topological polar surface area (TPSA) is 73.2 Å². The Morgan fingerprint density at radius 2 is 1.71 bits per heavy atom. The molecule has 1 fully saturated rings. The summed E-state index contributed by atoms with van der Waals surface area (Å²) in [5.41, 5.74) is 1.50. The number of amides is 1. The molecule has 0 atom stereocenters. The Balaban J connectivity index is 1.18. The summed E-state index contributed by atoms with van der Waals surface area (Å²) in [6.07, 6.45) is 1.43. The first-order valence-corrected chi connectivity index (χ1v) is 13.5. The van der Waals surface area contributed by atoms with Gasteiger partial charge < -0.3 is 28.6 Å². The molecule has 0 bridgehead atoms. The number of hydrogen-bond acceptors (Lipinski definition) is 6. The standard InChI is InChI=1S/C30H37N3O5/c1-30(2,3)33(29(35)38-21-22-8-10-26-27(20-22)37-19-18-36-26)24-12-14-31(15-13-24)16-17-32-25-7-5-4-6-23(25)9-11-28(32)34/h4-11,20,24H,12-19,21H2,1-3H3. The van der Waals surface area contributed by atoms with Crippen molar-refractivity contribution in [3.05, 3.63) is 70.5 Å². The normalized spacial score (nSPS) is 16.4. The number of hydrogen-bond donors (Lipinski definition) is 0. The quantitative estimate of drug-likeness (QED) is 0.471. The molecule has 0 N–H and O–H groups in total. The van der Waals surface area contributed by atoms with Gasteiger partial charge in [0.05, 0.1) is 5.52 Å². The van der Waals surface area contributed by atoms with E-state index in [-0.39, 0.29) is 29.8 Å². The highest BCUT2D eigenvalue weighted by Crippen LogP contribution is 2.31. The van der Waals surface area contributed by atoms with Crippen molar-refractivity contribution in [2.24, 2.45) is 0 Å². The lowest BCUT2D eigenvalue weighted by Gasteiger charge is -2.44. The van der Waals surface area contributed by atoms with Gasteiger partial charge in [-0.2, -0.15) is 0 Å². The fraction of sp³-hybridized carbons (Fsp3) is 0.467. The third-order valence-corrected chi connectivity index (χ3v) is 7.35. The zero-order valence-corrected chi connectivity index (χ0v) is 22.5. The number of carbonyl (C=O) groups is 1. The first-order chi connectivity index (χ1) is 18.3. The Morgan fingerprint density at radius 1 is 0.974 bits per heavy atom. The van der Waals surface area contributed by atoms with Crippen molar-refractivity contribution in [2.75, 3.05) is 32.8 Å². The van der Waals surface area contributed by atoms with Gasteiger partial charge in [0.15, 0.2) is 11.5 Å². The van der Waals surface area contributed by atoms with Crippen LogP contribution in [-0.4, -0.2) is 64.9 Å². The predicted octanol–water partition coefficient (Wildman–Crippen LogP) is 4.67. The fourth-order valence-electron chi connectivity index (χ4n) is 5.48. The molecule has 2 aliphatic heterocycles. The molecule has 202 valence electrons. The van der Waals surface area contributed by atoms with Gasteiger partial charge in [-0.3, -0.25) is 4.79 Å². The van der Waals surface area contributed by atoms with Crippen molar-refractivity contribution >= 4 is 17.0 Å². The van der Waals surface area contributed by atoms with Crippen molar-refractivity contribution in [1.29, 1.82) is 0 Å². The average molecular weight is 520 g/mol. The van der Waals surface area contributed by atoms with E-state index in [1.54, 1.807) is 6.07 Å². The van der Waals surface area contributed by atoms with Gasteiger partial charge >= 0.3 is 6.09 Å². The van der Waals surface area contributed by atoms with Crippen molar-refractivity contribution in [3.63, 3.8) is 0 Å². The smallest absolute Gasteiger partial charge is 0.410 e. The van der Waals surface area contributed by atoms with Crippen LogP contribution in [0, 0.1) is 0 Å². The third-order valence-electron chi connectivity index (χ3n) is 7.35. The van der Waals surface area contributed by atoms with E-state index in [1.165, 1.54) is 0 Å². The molecule has 8 heteroatoms. The predicted molar refractivity (Wildman–Crippen MR) is 147 cm³/mol. The summed E-state index contributed by atoms with van der Waals surface area (Å²) >= 11 is 0. The van der Waals surface area contributed by atoms with Gasteiger partial charge in [-0.25, -0.2) is 4.79 Å². The van der Waals surface area contributed by atoms with Crippen LogP contribution in [0.3, 0.4) is 0 Å².